The number of rotatable bonds is 2. The molecular formula is C15H15IN4O. The number of aliphatic hydroxyl groups is 1. The summed E-state index contributed by atoms with van der Waals surface area (Å²) in [5, 5.41) is 23.3. The van der Waals surface area contributed by atoms with Crippen LogP contribution < -0.4 is 5.73 Å². The molecule has 3 rings (SSSR count). The predicted octanol–water partition coefficient (Wildman–Crippen LogP) is 2.18. The van der Waals surface area contributed by atoms with Gasteiger partial charge in [0, 0.05) is 14.8 Å². The molecule has 0 amide bonds. The van der Waals surface area contributed by atoms with Crippen LogP contribution in [-0.4, -0.2) is 14.9 Å². The Hall–Kier alpha value is -1.43. The summed E-state index contributed by atoms with van der Waals surface area (Å²) in [7, 11) is 0. The van der Waals surface area contributed by atoms with Crippen molar-refractivity contribution in [2.75, 3.05) is 0 Å². The van der Waals surface area contributed by atoms with Crippen LogP contribution in [0.15, 0.2) is 18.2 Å². The Morgan fingerprint density at radius 3 is 2.81 bits per heavy atom. The molecule has 0 radical (unpaired) electrons. The summed E-state index contributed by atoms with van der Waals surface area (Å²) >= 11 is 2.15. The zero-order valence-corrected chi connectivity index (χ0v) is 13.5. The average molecular weight is 394 g/mol. The maximum absolute atomic E-state index is 9.73. The Labute approximate surface area is 136 Å². The van der Waals surface area contributed by atoms with Crippen molar-refractivity contribution in [1.82, 2.24) is 9.78 Å². The van der Waals surface area contributed by atoms with Gasteiger partial charge in [0.05, 0.1) is 11.3 Å². The monoisotopic (exact) mass is 394 g/mol. The number of nitrogens with zero attached hydrogens (tertiary/aromatic N) is 3. The summed E-state index contributed by atoms with van der Waals surface area (Å²) in [6, 6.07) is 7.78. The fraction of sp³-hybridized carbons (Fsp3) is 0.333. The Morgan fingerprint density at radius 1 is 1.38 bits per heavy atom. The van der Waals surface area contributed by atoms with Crippen LogP contribution in [0.2, 0.25) is 0 Å². The summed E-state index contributed by atoms with van der Waals surface area (Å²) in [6.45, 7) is 0. The summed E-state index contributed by atoms with van der Waals surface area (Å²) in [5.74, 6) is 0. The van der Waals surface area contributed by atoms with Crippen molar-refractivity contribution in [1.29, 1.82) is 5.26 Å². The summed E-state index contributed by atoms with van der Waals surface area (Å²) in [6.07, 6.45) is 3.02. The molecule has 0 aliphatic heterocycles. The van der Waals surface area contributed by atoms with Crippen LogP contribution in [0.3, 0.4) is 0 Å². The second-order valence-corrected chi connectivity index (χ2v) is 6.31. The average Bonchev–Trinajstić information content (AvgIpc) is 2.87. The van der Waals surface area contributed by atoms with Gasteiger partial charge in [-0.15, -0.1) is 0 Å². The molecule has 108 valence electrons. The lowest BCUT2D eigenvalue weighted by molar-refractivity contribution is 0.179. The molecule has 1 aliphatic rings. The quantitative estimate of drug-likeness (QED) is 0.604. The van der Waals surface area contributed by atoms with E-state index in [1.807, 2.05) is 16.8 Å². The van der Waals surface area contributed by atoms with Gasteiger partial charge in [-0.25, -0.2) is 4.68 Å². The SMILES string of the molecule is N#Cc1ccc(-n2nc(C(N)O)c3c2CCCC3)cc1I. The minimum Gasteiger partial charge on any atom is -0.373 e. The van der Waals surface area contributed by atoms with Gasteiger partial charge in [-0.1, -0.05) is 0 Å². The molecule has 0 spiro atoms. The standard InChI is InChI=1S/C15H15IN4O/c16-12-7-10(6-5-9(12)8-17)20-13-4-2-1-3-11(13)14(19-20)15(18)21/h5-7,15,21H,1-4,18H2. The molecule has 0 bridgehead atoms. The molecule has 1 aromatic carbocycles. The zero-order valence-electron chi connectivity index (χ0n) is 11.4. The highest BCUT2D eigenvalue weighted by Crippen LogP contribution is 2.29. The summed E-state index contributed by atoms with van der Waals surface area (Å²) in [5.41, 5.74) is 9.98. The second kappa shape index (κ2) is 5.75. The predicted molar refractivity (Wildman–Crippen MR) is 86.8 cm³/mol. The van der Waals surface area contributed by atoms with Crippen molar-refractivity contribution < 1.29 is 5.11 Å². The van der Waals surface area contributed by atoms with E-state index >= 15 is 0 Å². The van der Waals surface area contributed by atoms with Gasteiger partial charge in [-0.2, -0.15) is 10.4 Å². The van der Waals surface area contributed by atoms with Crippen molar-refractivity contribution in [2.24, 2.45) is 5.73 Å². The number of hydrogen-bond donors (Lipinski definition) is 2. The number of nitrogens with two attached hydrogens (primary N) is 1. The third-order valence-corrected chi connectivity index (χ3v) is 4.70. The minimum absolute atomic E-state index is 0.573. The highest BCUT2D eigenvalue weighted by atomic mass is 127. The molecule has 21 heavy (non-hydrogen) atoms. The maximum Gasteiger partial charge on any atom is 0.147 e. The summed E-state index contributed by atoms with van der Waals surface area (Å²) < 4.78 is 2.76. The highest BCUT2D eigenvalue weighted by molar-refractivity contribution is 14.1. The van der Waals surface area contributed by atoms with Gasteiger partial charge >= 0.3 is 0 Å². The van der Waals surface area contributed by atoms with Crippen molar-refractivity contribution in [3.8, 4) is 11.8 Å². The number of nitriles is 1. The van der Waals surface area contributed by atoms with Crippen LogP contribution >= 0.6 is 22.6 Å². The first-order chi connectivity index (χ1) is 10.1. The fourth-order valence-corrected chi connectivity index (χ4v) is 3.42. The molecule has 6 heteroatoms. The molecule has 0 fully saturated rings. The van der Waals surface area contributed by atoms with Crippen LogP contribution in [0.5, 0.6) is 0 Å². The van der Waals surface area contributed by atoms with Gasteiger partial charge in [0.1, 0.15) is 18.0 Å². The minimum atomic E-state index is -1.05. The molecule has 2 aromatic rings. The van der Waals surface area contributed by atoms with E-state index < -0.39 is 6.23 Å². The second-order valence-electron chi connectivity index (χ2n) is 5.15. The fourth-order valence-electron chi connectivity index (χ4n) is 2.81. The molecule has 3 N–H and O–H groups in total. The Balaban J connectivity index is 2.15. The lowest BCUT2D eigenvalue weighted by atomic mass is 9.95. The van der Waals surface area contributed by atoms with Crippen LogP contribution in [0.25, 0.3) is 5.69 Å². The van der Waals surface area contributed by atoms with E-state index in [2.05, 4.69) is 33.8 Å². The first-order valence-electron chi connectivity index (χ1n) is 6.86. The van der Waals surface area contributed by atoms with Crippen molar-refractivity contribution in [3.05, 3.63) is 44.3 Å². The molecule has 1 unspecified atom stereocenters. The lowest BCUT2D eigenvalue weighted by Gasteiger charge is -2.15. The Kier molecular flexibility index (Phi) is 3.97. The highest BCUT2D eigenvalue weighted by Gasteiger charge is 2.24. The number of aromatic nitrogens is 2. The topological polar surface area (TPSA) is 87.9 Å². The van der Waals surface area contributed by atoms with Crippen LogP contribution in [0.1, 0.15) is 41.6 Å². The van der Waals surface area contributed by atoms with Crippen molar-refractivity contribution in [2.45, 2.75) is 31.9 Å². The Bertz CT molecular complexity index is 730. The molecular weight excluding hydrogens is 379 g/mol. The van der Waals surface area contributed by atoms with Gasteiger partial charge in [-0.05, 0) is 66.5 Å². The van der Waals surface area contributed by atoms with Crippen molar-refractivity contribution in [3.63, 3.8) is 0 Å². The van der Waals surface area contributed by atoms with E-state index in [4.69, 9.17) is 11.0 Å². The van der Waals surface area contributed by atoms with Crippen LogP contribution in [-0.2, 0) is 12.8 Å². The lowest BCUT2D eigenvalue weighted by Crippen LogP contribution is -2.12. The number of hydrogen-bond acceptors (Lipinski definition) is 4. The molecule has 1 aliphatic carbocycles. The van der Waals surface area contributed by atoms with Gasteiger partial charge in [-0.3, -0.25) is 0 Å². The maximum atomic E-state index is 9.73. The Morgan fingerprint density at radius 2 is 2.14 bits per heavy atom. The van der Waals surface area contributed by atoms with E-state index in [1.165, 1.54) is 0 Å². The third kappa shape index (κ3) is 2.57. The molecule has 1 heterocycles. The number of aliphatic hydroxyl groups excluding tert-OH is 1. The van der Waals surface area contributed by atoms with Gasteiger partial charge in [0.15, 0.2) is 0 Å². The largest absolute Gasteiger partial charge is 0.373 e. The van der Waals surface area contributed by atoms with E-state index in [-0.39, 0.29) is 0 Å². The van der Waals surface area contributed by atoms with Crippen LogP contribution in [0.4, 0.5) is 0 Å². The molecule has 5 nitrogen and oxygen atoms in total. The molecule has 0 saturated carbocycles. The first kappa shape index (κ1) is 14.5. The van der Waals surface area contributed by atoms with E-state index in [1.54, 1.807) is 6.07 Å². The molecule has 1 atom stereocenters. The van der Waals surface area contributed by atoms with Gasteiger partial charge in [0.25, 0.3) is 0 Å². The molecule has 0 saturated heterocycles. The van der Waals surface area contributed by atoms with E-state index in [9.17, 15) is 5.11 Å². The smallest absolute Gasteiger partial charge is 0.147 e. The first-order valence-corrected chi connectivity index (χ1v) is 7.94. The number of halogens is 1. The third-order valence-electron chi connectivity index (χ3n) is 3.81. The van der Waals surface area contributed by atoms with Gasteiger partial charge in [0.2, 0.25) is 0 Å². The molecule has 1 aromatic heterocycles. The van der Waals surface area contributed by atoms with E-state index in [0.29, 0.717) is 11.3 Å². The van der Waals surface area contributed by atoms with Gasteiger partial charge < -0.3 is 10.8 Å². The van der Waals surface area contributed by atoms with Crippen molar-refractivity contribution >= 4 is 22.6 Å². The van der Waals surface area contributed by atoms with E-state index in [0.717, 1.165) is 46.2 Å². The number of fused-ring (bicyclic) bond motifs is 1. The zero-order chi connectivity index (χ0) is 15.0. The normalized spacial score (nSPS) is 15.3. The number of benzene rings is 1. The van der Waals surface area contributed by atoms with Crippen LogP contribution in [0, 0.1) is 14.9 Å². The summed E-state index contributed by atoms with van der Waals surface area (Å²) in [4.78, 5) is 0.